The van der Waals surface area contributed by atoms with Gasteiger partial charge in [-0.15, -0.1) is 11.3 Å². The number of carbonyl (C=O) groups is 2. The molecule has 0 aliphatic carbocycles. The molecule has 154 valence electrons. The van der Waals surface area contributed by atoms with Crippen LogP contribution < -0.4 is 4.90 Å². The maximum Gasteiger partial charge on any atom is 0.253 e. The predicted octanol–water partition coefficient (Wildman–Crippen LogP) is 2.78. The quantitative estimate of drug-likeness (QED) is 0.650. The van der Waals surface area contributed by atoms with Crippen molar-refractivity contribution in [1.29, 1.82) is 0 Å². The minimum absolute atomic E-state index is 0.110. The number of sulfonamides is 1. The van der Waals surface area contributed by atoms with Gasteiger partial charge in [0.15, 0.2) is 0 Å². The highest BCUT2D eigenvalue weighted by Crippen LogP contribution is 2.29. The van der Waals surface area contributed by atoms with E-state index in [1.54, 1.807) is 46.2 Å². The first kappa shape index (κ1) is 20.5. The van der Waals surface area contributed by atoms with Gasteiger partial charge in [0.1, 0.15) is 4.21 Å². The SMILES string of the molecule is O=C(c1ccc(N2CCCC2=O)cc1)N1CCN(S(=O)(=O)c2ccc(Br)s2)CC1. The lowest BCUT2D eigenvalue weighted by molar-refractivity contribution is -0.117. The van der Waals surface area contributed by atoms with E-state index in [1.165, 1.54) is 15.6 Å². The number of hydrogen-bond donors (Lipinski definition) is 0. The van der Waals surface area contributed by atoms with Gasteiger partial charge in [-0.2, -0.15) is 4.31 Å². The zero-order chi connectivity index (χ0) is 20.6. The number of anilines is 1. The lowest BCUT2D eigenvalue weighted by Gasteiger charge is -2.33. The van der Waals surface area contributed by atoms with Gasteiger partial charge in [-0.3, -0.25) is 9.59 Å². The summed E-state index contributed by atoms with van der Waals surface area (Å²) in [5.74, 6) is -0.0145. The zero-order valence-corrected chi connectivity index (χ0v) is 18.8. The van der Waals surface area contributed by atoms with Gasteiger partial charge in [-0.1, -0.05) is 0 Å². The highest BCUT2D eigenvalue weighted by atomic mass is 79.9. The minimum Gasteiger partial charge on any atom is -0.336 e. The molecule has 1 aromatic heterocycles. The lowest BCUT2D eigenvalue weighted by atomic mass is 10.1. The molecule has 29 heavy (non-hydrogen) atoms. The molecule has 3 heterocycles. The average molecular weight is 498 g/mol. The molecule has 10 heteroatoms. The van der Waals surface area contributed by atoms with Crippen molar-refractivity contribution in [2.24, 2.45) is 0 Å². The smallest absolute Gasteiger partial charge is 0.253 e. The number of carbonyl (C=O) groups excluding carboxylic acids is 2. The second-order valence-corrected chi connectivity index (χ2v) is 11.6. The van der Waals surface area contributed by atoms with Crippen molar-refractivity contribution in [2.75, 3.05) is 37.6 Å². The maximum absolute atomic E-state index is 12.8. The molecule has 2 amide bonds. The summed E-state index contributed by atoms with van der Waals surface area (Å²) < 4.78 is 27.9. The summed E-state index contributed by atoms with van der Waals surface area (Å²) in [5.41, 5.74) is 1.35. The highest BCUT2D eigenvalue weighted by molar-refractivity contribution is 9.11. The number of thiophene rings is 1. The molecule has 0 spiro atoms. The van der Waals surface area contributed by atoms with Crippen molar-refractivity contribution in [2.45, 2.75) is 17.1 Å². The van der Waals surface area contributed by atoms with E-state index < -0.39 is 10.0 Å². The first-order valence-electron chi connectivity index (χ1n) is 9.31. The fourth-order valence-electron chi connectivity index (χ4n) is 3.58. The Balaban J connectivity index is 1.39. The maximum atomic E-state index is 12.8. The third-order valence-electron chi connectivity index (χ3n) is 5.17. The van der Waals surface area contributed by atoms with Crippen LogP contribution in [0.15, 0.2) is 44.4 Å². The van der Waals surface area contributed by atoms with Crippen LogP contribution in [0.2, 0.25) is 0 Å². The Bertz CT molecular complexity index is 1030. The van der Waals surface area contributed by atoms with Crippen LogP contribution in [-0.4, -0.2) is 62.2 Å². The van der Waals surface area contributed by atoms with Crippen molar-refractivity contribution in [3.05, 3.63) is 45.7 Å². The summed E-state index contributed by atoms with van der Waals surface area (Å²) in [7, 11) is -3.53. The second-order valence-electron chi connectivity index (χ2n) is 6.95. The van der Waals surface area contributed by atoms with Gasteiger partial charge in [-0.25, -0.2) is 8.42 Å². The number of piperazine rings is 1. The van der Waals surface area contributed by atoms with Crippen LogP contribution in [0.5, 0.6) is 0 Å². The van der Waals surface area contributed by atoms with Crippen LogP contribution in [0, 0.1) is 0 Å². The Labute approximate surface area is 182 Å². The molecule has 2 saturated heterocycles. The Hall–Kier alpha value is -1.75. The van der Waals surface area contributed by atoms with E-state index in [2.05, 4.69) is 15.9 Å². The van der Waals surface area contributed by atoms with Crippen LogP contribution in [0.4, 0.5) is 5.69 Å². The Morgan fingerprint density at radius 2 is 1.66 bits per heavy atom. The molecule has 1 aromatic carbocycles. The number of benzene rings is 1. The molecule has 0 bridgehead atoms. The molecule has 2 aliphatic rings. The molecular formula is C19H20BrN3O4S2. The summed E-state index contributed by atoms with van der Waals surface area (Å²) in [4.78, 5) is 28.1. The summed E-state index contributed by atoms with van der Waals surface area (Å²) in [6.07, 6.45) is 1.42. The number of halogens is 1. The van der Waals surface area contributed by atoms with Gasteiger partial charge in [-0.05, 0) is 58.7 Å². The van der Waals surface area contributed by atoms with E-state index in [-0.39, 0.29) is 24.9 Å². The van der Waals surface area contributed by atoms with Crippen molar-refractivity contribution in [3.8, 4) is 0 Å². The molecule has 4 rings (SSSR count). The third-order valence-corrected chi connectivity index (χ3v) is 9.16. The van der Waals surface area contributed by atoms with E-state index in [9.17, 15) is 18.0 Å². The molecule has 2 aromatic rings. The monoisotopic (exact) mass is 497 g/mol. The fourth-order valence-corrected chi connectivity index (χ4v) is 7.17. The zero-order valence-electron chi connectivity index (χ0n) is 15.6. The fraction of sp³-hybridized carbons (Fsp3) is 0.368. The molecule has 0 N–H and O–H groups in total. The summed E-state index contributed by atoms with van der Waals surface area (Å²) in [5, 5.41) is 0. The minimum atomic E-state index is -3.53. The summed E-state index contributed by atoms with van der Waals surface area (Å²) in [6, 6.07) is 10.4. The van der Waals surface area contributed by atoms with E-state index in [0.29, 0.717) is 35.8 Å². The van der Waals surface area contributed by atoms with Gasteiger partial charge in [0.2, 0.25) is 5.91 Å². The molecule has 2 fully saturated rings. The summed E-state index contributed by atoms with van der Waals surface area (Å²) >= 11 is 4.48. The standard InChI is InChI=1S/C19H20BrN3O4S2/c20-16-7-8-18(28-16)29(26,27)22-12-10-21(11-13-22)19(25)14-3-5-15(6-4-14)23-9-1-2-17(23)24/h3-8H,1-2,9-13H2. The molecule has 2 aliphatic heterocycles. The van der Waals surface area contributed by atoms with Crippen LogP contribution >= 0.6 is 27.3 Å². The Kier molecular flexibility index (Phi) is 5.78. The molecule has 0 saturated carbocycles. The number of rotatable bonds is 4. The molecule has 0 atom stereocenters. The van der Waals surface area contributed by atoms with Crippen molar-refractivity contribution in [3.63, 3.8) is 0 Å². The number of hydrogen-bond acceptors (Lipinski definition) is 5. The molecule has 7 nitrogen and oxygen atoms in total. The van der Waals surface area contributed by atoms with Crippen molar-refractivity contribution in [1.82, 2.24) is 9.21 Å². The van der Waals surface area contributed by atoms with Gasteiger partial charge < -0.3 is 9.80 Å². The highest BCUT2D eigenvalue weighted by Gasteiger charge is 2.31. The van der Waals surface area contributed by atoms with Crippen molar-refractivity contribution >= 4 is 54.8 Å². The third kappa shape index (κ3) is 4.11. The normalized spacial score (nSPS) is 18.4. The van der Waals surface area contributed by atoms with Crippen molar-refractivity contribution < 1.29 is 18.0 Å². The Morgan fingerprint density at radius 3 is 2.21 bits per heavy atom. The first-order valence-corrected chi connectivity index (χ1v) is 12.4. The van der Waals surface area contributed by atoms with Gasteiger partial charge >= 0.3 is 0 Å². The van der Waals surface area contributed by atoms with Gasteiger partial charge in [0.05, 0.1) is 3.79 Å². The summed E-state index contributed by atoms with van der Waals surface area (Å²) in [6.45, 7) is 1.94. The molecule has 0 unspecified atom stereocenters. The molecular weight excluding hydrogens is 478 g/mol. The lowest BCUT2D eigenvalue weighted by Crippen LogP contribution is -2.50. The van der Waals surface area contributed by atoms with Gasteiger partial charge in [0, 0.05) is 50.4 Å². The number of nitrogens with zero attached hydrogens (tertiary/aromatic N) is 3. The van der Waals surface area contributed by atoms with Gasteiger partial charge in [0.25, 0.3) is 15.9 Å². The topological polar surface area (TPSA) is 78.0 Å². The van der Waals surface area contributed by atoms with Crippen LogP contribution in [0.25, 0.3) is 0 Å². The molecule has 0 radical (unpaired) electrons. The average Bonchev–Trinajstić information content (AvgIpc) is 3.36. The first-order chi connectivity index (χ1) is 13.9. The Morgan fingerprint density at radius 1 is 0.966 bits per heavy atom. The van der Waals surface area contributed by atoms with E-state index in [1.807, 2.05) is 0 Å². The van der Waals surface area contributed by atoms with Crippen LogP contribution in [0.3, 0.4) is 0 Å². The van der Waals surface area contributed by atoms with Crippen LogP contribution in [-0.2, 0) is 14.8 Å². The van der Waals surface area contributed by atoms with E-state index in [4.69, 9.17) is 0 Å². The largest absolute Gasteiger partial charge is 0.336 e. The number of amides is 2. The predicted molar refractivity (Wildman–Crippen MR) is 115 cm³/mol. The second kappa shape index (κ2) is 8.17. The van der Waals surface area contributed by atoms with Crippen LogP contribution in [0.1, 0.15) is 23.2 Å². The van der Waals surface area contributed by atoms with E-state index in [0.717, 1.165) is 15.9 Å². The van der Waals surface area contributed by atoms with E-state index >= 15 is 0 Å².